The molecule has 0 bridgehead atoms. The predicted molar refractivity (Wildman–Crippen MR) is 127 cm³/mol. The van der Waals surface area contributed by atoms with Gasteiger partial charge in [-0.3, -0.25) is 14.6 Å². The quantitative estimate of drug-likeness (QED) is 0.459. The number of halogens is 1. The minimum atomic E-state index is -0.503. The number of thiophene rings is 1. The lowest BCUT2D eigenvalue weighted by Gasteiger charge is -2.19. The maximum Gasteiger partial charge on any atom is 0.262 e. The summed E-state index contributed by atoms with van der Waals surface area (Å²) in [5, 5.41) is 9.95. The maximum atomic E-state index is 12.9. The highest BCUT2D eigenvalue weighted by Crippen LogP contribution is 2.28. The van der Waals surface area contributed by atoms with E-state index in [1.54, 1.807) is 6.20 Å². The molecule has 1 aliphatic rings. The van der Waals surface area contributed by atoms with Crippen LogP contribution in [0.5, 0.6) is 0 Å². The highest BCUT2D eigenvalue weighted by Gasteiger charge is 2.29. The molecule has 31 heavy (non-hydrogen) atoms. The molecular weight excluding hydrogens is 432 g/mol. The number of nitrogens with zero attached hydrogens (tertiary/aromatic N) is 1. The largest absolute Gasteiger partial charge is 0.376 e. The Morgan fingerprint density at radius 1 is 1.23 bits per heavy atom. The van der Waals surface area contributed by atoms with Crippen molar-refractivity contribution in [2.24, 2.45) is 5.92 Å². The van der Waals surface area contributed by atoms with Gasteiger partial charge in [-0.1, -0.05) is 25.4 Å². The molecule has 8 heteroatoms. The predicted octanol–water partition coefficient (Wildman–Crippen LogP) is 5.09. The molecule has 168 valence electrons. The van der Waals surface area contributed by atoms with Gasteiger partial charge in [-0.25, -0.2) is 0 Å². The molecule has 1 aliphatic carbocycles. The Bertz CT molecular complexity index is 926. The van der Waals surface area contributed by atoms with Crippen LogP contribution in [0.3, 0.4) is 0 Å². The van der Waals surface area contributed by atoms with E-state index in [2.05, 4.69) is 34.8 Å². The monoisotopic (exact) mass is 462 g/mol. The van der Waals surface area contributed by atoms with Crippen molar-refractivity contribution in [3.05, 3.63) is 44.9 Å². The molecular formula is C23H31ClN4O2S. The molecule has 2 aromatic heterocycles. The summed E-state index contributed by atoms with van der Waals surface area (Å²) in [7, 11) is 0. The van der Waals surface area contributed by atoms with Gasteiger partial charge in [-0.15, -0.1) is 11.3 Å². The number of amides is 2. The Morgan fingerprint density at radius 2 is 1.97 bits per heavy atom. The molecule has 0 aromatic carbocycles. The van der Waals surface area contributed by atoms with Crippen LogP contribution in [-0.4, -0.2) is 28.9 Å². The van der Waals surface area contributed by atoms with E-state index in [4.69, 9.17) is 11.6 Å². The summed E-state index contributed by atoms with van der Waals surface area (Å²) in [6, 6.07) is 5.36. The summed E-state index contributed by atoms with van der Waals surface area (Å²) in [5.41, 5.74) is 1.73. The second kappa shape index (κ2) is 10.5. The molecule has 1 fully saturated rings. The first kappa shape index (κ1) is 23.5. The maximum absolute atomic E-state index is 12.9. The van der Waals surface area contributed by atoms with Gasteiger partial charge in [0.25, 0.3) is 5.91 Å². The van der Waals surface area contributed by atoms with Crippen molar-refractivity contribution in [1.29, 1.82) is 0 Å². The van der Waals surface area contributed by atoms with Gasteiger partial charge in [-0.05, 0) is 63.6 Å². The van der Waals surface area contributed by atoms with Gasteiger partial charge in [0.1, 0.15) is 6.04 Å². The van der Waals surface area contributed by atoms with Crippen molar-refractivity contribution in [3.8, 4) is 0 Å². The Kier molecular flexibility index (Phi) is 7.94. The molecule has 2 amide bonds. The van der Waals surface area contributed by atoms with Crippen molar-refractivity contribution < 1.29 is 9.59 Å². The van der Waals surface area contributed by atoms with Gasteiger partial charge < -0.3 is 16.0 Å². The summed E-state index contributed by atoms with van der Waals surface area (Å²) >= 11 is 7.48. The first-order valence-corrected chi connectivity index (χ1v) is 12.0. The molecule has 0 saturated heterocycles. The van der Waals surface area contributed by atoms with Crippen LogP contribution in [0.4, 0.5) is 5.69 Å². The third kappa shape index (κ3) is 6.94. The number of anilines is 1. The number of rotatable bonds is 10. The summed E-state index contributed by atoms with van der Waals surface area (Å²) in [5.74, 6) is 0.189. The van der Waals surface area contributed by atoms with Crippen LogP contribution in [0.25, 0.3) is 0 Å². The van der Waals surface area contributed by atoms with E-state index in [0.717, 1.165) is 35.5 Å². The summed E-state index contributed by atoms with van der Waals surface area (Å²) in [6.07, 6.45) is 5.19. The van der Waals surface area contributed by atoms with E-state index in [0.29, 0.717) is 22.2 Å². The lowest BCUT2D eigenvalue weighted by Crippen LogP contribution is -2.47. The van der Waals surface area contributed by atoms with E-state index < -0.39 is 6.04 Å². The van der Waals surface area contributed by atoms with Crippen molar-refractivity contribution in [2.45, 2.75) is 71.5 Å². The molecule has 3 rings (SSSR count). The third-order valence-corrected chi connectivity index (χ3v) is 6.75. The smallest absolute Gasteiger partial charge is 0.262 e. The number of hydrogen-bond acceptors (Lipinski definition) is 5. The standard InChI is InChI=1S/C23H31ClN4O2S/c1-13(2)5-8-18(22(29)27-17-6-7-17)28-23(30)21-10-9-20(31-21)15(4)26-19-11-16(24)12-25-14(19)3/h9-13,15,17-18,26H,5-8H2,1-4H3,(H,27,29)(H,28,30). The molecule has 0 spiro atoms. The van der Waals surface area contributed by atoms with Gasteiger partial charge >= 0.3 is 0 Å². The third-order valence-electron chi connectivity index (χ3n) is 5.28. The van der Waals surface area contributed by atoms with Gasteiger partial charge in [0.05, 0.1) is 27.3 Å². The number of nitrogens with one attached hydrogen (secondary N) is 3. The van der Waals surface area contributed by atoms with Crippen LogP contribution in [0.1, 0.15) is 72.7 Å². The number of hydrogen-bond donors (Lipinski definition) is 3. The molecule has 0 aliphatic heterocycles. The Labute approximate surface area is 193 Å². The van der Waals surface area contributed by atoms with Gasteiger partial charge in [0, 0.05) is 17.1 Å². The van der Waals surface area contributed by atoms with Crippen LogP contribution in [0.15, 0.2) is 24.4 Å². The number of aryl methyl sites for hydroxylation is 1. The fourth-order valence-corrected chi connectivity index (χ4v) is 4.26. The second-order valence-corrected chi connectivity index (χ2v) is 10.2. The van der Waals surface area contributed by atoms with Crippen LogP contribution >= 0.6 is 22.9 Å². The Morgan fingerprint density at radius 3 is 2.65 bits per heavy atom. The van der Waals surface area contributed by atoms with E-state index in [1.165, 1.54) is 11.3 Å². The molecule has 3 N–H and O–H groups in total. The van der Waals surface area contributed by atoms with Gasteiger partial charge in [0.15, 0.2) is 0 Å². The van der Waals surface area contributed by atoms with Crippen LogP contribution < -0.4 is 16.0 Å². The summed E-state index contributed by atoms with van der Waals surface area (Å²) in [6.45, 7) is 8.19. The SMILES string of the molecule is Cc1ncc(Cl)cc1NC(C)c1ccc(C(=O)NC(CCC(C)C)C(=O)NC2CC2)s1. The zero-order chi connectivity index (χ0) is 22.5. The van der Waals surface area contributed by atoms with Gasteiger partial charge in [-0.2, -0.15) is 0 Å². The van der Waals surface area contributed by atoms with E-state index in [9.17, 15) is 9.59 Å². The Balaban J connectivity index is 1.64. The highest BCUT2D eigenvalue weighted by atomic mass is 35.5. The van der Waals surface area contributed by atoms with E-state index in [1.807, 2.05) is 32.0 Å². The Hall–Kier alpha value is -2.12. The minimum absolute atomic E-state index is 0.0135. The van der Waals surface area contributed by atoms with Crippen molar-refractivity contribution >= 4 is 40.4 Å². The number of aromatic nitrogens is 1. The zero-order valence-corrected chi connectivity index (χ0v) is 20.1. The van der Waals surface area contributed by atoms with E-state index in [-0.39, 0.29) is 23.9 Å². The normalized spacial score (nSPS) is 15.4. The summed E-state index contributed by atoms with van der Waals surface area (Å²) < 4.78 is 0. The molecule has 2 heterocycles. The van der Waals surface area contributed by atoms with Crippen LogP contribution in [-0.2, 0) is 4.79 Å². The highest BCUT2D eigenvalue weighted by molar-refractivity contribution is 7.14. The molecule has 2 atom stereocenters. The van der Waals surface area contributed by atoms with Crippen molar-refractivity contribution in [3.63, 3.8) is 0 Å². The average molecular weight is 463 g/mol. The fraction of sp³-hybridized carbons (Fsp3) is 0.522. The second-order valence-electron chi connectivity index (χ2n) is 8.63. The number of pyridine rings is 1. The molecule has 6 nitrogen and oxygen atoms in total. The van der Waals surface area contributed by atoms with Crippen molar-refractivity contribution in [2.75, 3.05) is 5.32 Å². The fourth-order valence-electron chi connectivity index (χ4n) is 3.19. The van der Waals surface area contributed by atoms with Gasteiger partial charge in [0.2, 0.25) is 5.91 Å². The zero-order valence-electron chi connectivity index (χ0n) is 18.5. The average Bonchev–Trinajstić information content (AvgIpc) is 3.38. The summed E-state index contributed by atoms with van der Waals surface area (Å²) in [4.78, 5) is 31.4. The first-order chi connectivity index (χ1) is 14.7. The van der Waals surface area contributed by atoms with Crippen LogP contribution in [0.2, 0.25) is 5.02 Å². The molecule has 1 saturated carbocycles. The van der Waals surface area contributed by atoms with Crippen molar-refractivity contribution in [1.82, 2.24) is 15.6 Å². The topological polar surface area (TPSA) is 83.1 Å². The number of carbonyl (C=O) groups is 2. The molecule has 0 radical (unpaired) electrons. The molecule has 2 unspecified atom stereocenters. The first-order valence-electron chi connectivity index (χ1n) is 10.8. The lowest BCUT2D eigenvalue weighted by atomic mass is 10.0. The minimum Gasteiger partial charge on any atom is -0.376 e. The molecule has 2 aromatic rings. The van der Waals surface area contributed by atoms with Crippen LogP contribution in [0, 0.1) is 12.8 Å². The lowest BCUT2D eigenvalue weighted by molar-refractivity contribution is -0.123. The number of carbonyl (C=O) groups excluding carboxylic acids is 2. The van der Waals surface area contributed by atoms with E-state index >= 15 is 0 Å².